The average Bonchev–Trinajstić information content (AvgIpc) is 2.95. The van der Waals surface area contributed by atoms with E-state index in [0.717, 1.165) is 10.4 Å². The summed E-state index contributed by atoms with van der Waals surface area (Å²) in [6, 6.07) is 12.9. The summed E-state index contributed by atoms with van der Waals surface area (Å²) in [5, 5.41) is 0. The van der Waals surface area contributed by atoms with Crippen molar-refractivity contribution in [3.8, 4) is 0 Å². The van der Waals surface area contributed by atoms with Crippen LogP contribution in [0.5, 0.6) is 0 Å². The van der Waals surface area contributed by atoms with Crippen molar-refractivity contribution in [1.29, 1.82) is 0 Å². The molecule has 1 aliphatic heterocycles. The van der Waals surface area contributed by atoms with E-state index in [1.54, 1.807) is 10.4 Å². The van der Waals surface area contributed by atoms with Gasteiger partial charge in [0.25, 0.3) is 10.0 Å². The van der Waals surface area contributed by atoms with Gasteiger partial charge in [0.1, 0.15) is 4.21 Å². The van der Waals surface area contributed by atoms with Crippen LogP contribution in [0.3, 0.4) is 0 Å². The van der Waals surface area contributed by atoms with E-state index in [9.17, 15) is 8.42 Å². The molecule has 1 unspecified atom stereocenters. The van der Waals surface area contributed by atoms with Gasteiger partial charge in [-0.05, 0) is 24.6 Å². The lowest BCUT2D eigenvalue weighted by molar-refractivity contribution is 0.0321. The second kappa shape index (κ2) is 5.88. The fraction of sp³-hybridized carbons (Fsp3) is 0.333. The van der Waals surface area contributed by atoms with Crippen molar-refractivity contribution in [2.24, 2.45) is 0 Å². The van der Waals surface area contributed by atoms with Crippen LogP contribution < -0.4 is 0 Å². The molecule has 1 aromatic heterocycles. The van der Waals surface area contributed by atoms with Crippen molar-refractivity contribution in [3.63, 3.8) is 0 Å². The van der Waals surface area contributed by atoms with Crippen LogP contribution in [-0.4, -0.2) is 32.5 Å². The summed E-state index contributed by atoms with van der Waals surface area (Å²) >= 11 is 1.32. The zero-order valence-corrected chi connectivity index (χ0v) is 13.4. The van der Waals surface area contributed by atoms with Crippen LogP contribution in [0.25, 0.3) is 0 Å². The van der Waals surface area contributed by atoms with Gasteiger partial charge in [-0.3, -0.25) is 0 Å². The van der Waals surface area contributed by atoms with Crippen molar-refractivity contribution < 1.29 is 13.2 Å². The fourth-order valence-corrected chi connectivity index (χ4v) is 5.48. The van der Waals surface area contributed by atoms with E-state index in [1.165, 1.54) is 11.3 Å². The number of hydrogen-bond donors (Lipinski definition) is 0. The molecular weight excluding hydrogens is 306 g/mol. The molecule has 1 aromatic carbocycles. The van der Waals surface area contributed by atoms with Gasteiger partial charge < -0.3 is 4.74 Å². The molecule has 0 N–H and O–H groups in total. The summed E-state index contributed by atoms with van der Waals surface area (Å²) < 4.78 is 33.2. The zero-order valence-electron chi connectivity index (χ0n) is 11.7. The minimum atomic E-state index is -3.47. The zero-order chi connectivity index (χ0) is 14.9. The maximum Gasteiger partial charge on any atom is 0.253 e. The van der Waals surface area contributed by atoms with Gasteiger partial charge in [0.15, 0.2) is 0 Å². The molecule has 0 saturated carbocycles. The Morgan fingerprint density at radius 3 is 2.62 bits per heavy atom. The number of benzene rings is 1. The summed E-state index contributed by atoms with van der Waals surface area (Å²) in [6.07, 6.45) is 0. The lowest BCUT2D eigenvalue weighted by atomic mass is 10.1. The molecule has 0 bridgehead atoms. The van der Waals surface area contributed by atoms with Gasteiger partial charge in [-0.1, -0.05) is 30.3 Å². The highest BCUT2D eigenvalue weighted by atomic mass is 32.2. The van der Waals surface area contributed by atoms with Gasteiger partial charge in [0.2, 0.25) is 0 Å². The van der Waals surface area contributed by atoms with E-state index >= 15 is 0 Å². The van der Waals surface area contributed by atoms with Crippen LogP contribution >= 0.6 is 11.3 Å². The second-order valence-corrected chi connectivity index (χ2v) is 8.39. The molecule has 2 heterocycles. The Morgan fingerprint density at radius 1 is 1.19 bits per heavy atom. The SMILES string of the molecule is Cc1ccc(S(=O)(=O)N2CCOCC2c2ccccc2)s1. The Bertz CT molecular complexity index is 710. The van der Waals surface area contributed by atoms with E-state index in [4.69, 9.17) is 4.74 Å². The van der Waals surface area contributed by atoms with Gasteiger partial charge in [-0.15, -0.1) is 11.3 Å². The molecule has 1 atom stereocenters. The van der Waals surface area contributed by atoms with Crippen LogP contribution in [0.15, 0.2) is 46.7 Å². The lowest BCUT2D eigenvalue weighted by Crippen LogP contribution is -2.43. The van der Waals surface area contributed by atoms with Crippen LogP contribution in [-0.2, 0) is 14.8 Å². The summed E-state index contributed by atoms with van der Waals surface area (Å²) in [5.41, 5.74) is 0.967. The number of morpholine rings is 1. The lowest BCUT2D eigenvalue weighted by Gasteiger charge is -2.34. The predicted molar refractivity (Wildman–Crippen MR) is 82.9 cm³/mol. The Balaban J connectivity index is 1.98. The van der Waals surface area contributed by atoms with Crippen LogP contribution in [0.1, 0.15) is 16.5 Å². The molecule has 3 rings (SSSR count). The van der Waals surface area contributed by atoms with Crippen molar-refractivity contribution >= 4 is 21.4 Å². The minimum absolute atomic E-state index is 0.257. The largest absolute Gasteiger partial charge is 0.378 e. The number of rotatable bonds is 3. The van der Waals surface area contributed by atoms with Gasteiger partial charge in [0, 0.05) is 11.4 Å². The normalized spacial score (nSPS) is 20.5. The molecular formula is C15H17NO3S2. The predicted octanol–water partition coefficient (Wildman–Crippen LogP) is 2.82. The summed E-state index contributed by atoms with van der Waals surface area (Å²) in [6.45, 7) is 3.14. The third-order valence-corrected chi connectivity index (χ3v) is 6.92. The number of hydrogen-bond acceptors (Lipinski definition) is 4. The molecule has 112 valence electrons. The molecule has 21 heavy (non-hydrogen) atoms. The monoisotopic (exact) mass is 323 g/mol. The standard InChI is InChI=1S/C15H17NO3S2/c1-12-7-8-15(20-12)21(17,18)16-9-10-19-11-14(16)13-5-3-2-4-6-13/h2-8,14H,9-11H2,1H3. The summed E-state index contributed by atoms with van der Waals surface area (Å²) in [7, 11) is -3.47. The fourth-order valence-electron chi connectivity index (χ4n) is 2.48. The Kier molecular flexibility index (Phi) is 4.12. The molecule has 1 fully saturated rings. The molecule has 0 spiro atoms. The maximum atomic E-state index is 12.9. The van der Waals surface area contributed by atoms with E-state index < -0.39 is 10.0 Å². The van der Waals surface area contributed by atoms with Gasteiger partial charge in [-0.2, -0.15) is 4.31 Å². The first-order valence-corrected chi connectivity index (χ1v) is 9.05. The second-order valence-electron chi connectivity index (χ2n) is 4.98. The first kappa shape index (κ1) is 14.7. The molecule has 2 aromatic rings. The average molecular weight is 323 g/mol. The van der Waals surface area contributed by atoms with E-state index in [0.29, 0.717) is 24.0 Å². The molecule has 6 heteroatoms. The van der Waals surface area contributed by atoms with Gasteiger partial charge in [0.05, 0.1) is 19.3 Å². The van der Waals surface area contributed by atoms with Gasteiger partial charge >= 0.3 is 0 Å². The number of aryl methyl sites for hydroxylation is 1. The number of nitrogens with zero attached hydrogens (tertiary/aromatic N) is 1. The minimum Gasteiger partial charge on any atom is -0.378 e. The first-order valence-electron chi connectivity index (χ1n) is 6.80. The van der Waals surface area contributed by atoms with Crippen LogP contribution in [0.2, 0.25) is 0 Å². The quantitative estimate of drug-likeness (QED) is 0.872. The molecule has 0 aliphatic carbocycles. The molecule has 0 radical (unpaired) electrons. The highest BCUT2D eigenvalue weighted by Crippen LogP contribution is 2.32. The number of thiophene rings is 1. The topological polar surface area (TPSA) is 46.6 Å². The summed E-state index contributed by atoms with van der Waals surface area (Å²) in [4.78, 5) is 0.998. The Hall–Kier alpha value is -1.21. The number of ether oxygens (including phenoxy) is 1. The van der Waals surface area contributed by atoms with E-state index in [2.05, 4.69) is 0 Å². The van der Waals surface area contributed by atoms with Crippen molar-refractivity contribution in [1.82, 2.24) is 4.31 Å². The third kappa shape index (κ3) is 2.89. The van der Waals surface area contributed by atoms with E-state index in [1.807, 2.05) is 43.3 Å². The highest BCUT2D eigenvalue weighted by Gasteiger charge is 2.35. The van der Waals surface area contributed by atoms with Crippen LogP contribution in [0.4, 0.5) is 0 Å². The number of sulfonamides is 1. The first-order chi connectivity index (χ1) is 10.1. The van der Waals surface area contributed by atoms with Gasteiger partial charge in [-0.25, -0.2) is 8.42 Å². The Labute approximate surface area is 129 Å². The van der Waals surface area contributed by atoms with Crippen LogP contribution in [0, 0.1) is 6.92 Å². The molecule has 0 amide bonds. The molecule has 1 aliphatic rings. The third-order valence-electron chi connectivity index (χ3n) is 3.54. The molecule has 4 nitrogen and oxygen atoms in total. The highest BCUT2D eigenvalue weighted by molar-refractivity contribution is 7.91. The van der Waals surface area contributed by atoms with E-state index in [-0.39, 0.29) is 6.04 Å². The Morgan fingerprint density at radius 2 is 1.95 bits per heavy atom. The van der Waals surface area contributed by atoms with Crippen molar-refractivity contribution in [3.05, 3.63) is 52.9 Å². The smallest absolute Gasteiger partial charge is 0.253 e. The van der Waals surface area contributed by atoms with Crippen molar-refractivity contribution in [2.45, 2.75) is 17.2 Å². The molecule has 1 saturated heterocycles. The maximum absolute atomic E-state index is 12.9. The van der Waals surface area contributed by atoms with Crippen molar-refractivity contribution in [2.75, 3.05) is 19.8 Å². The summed E-state index contributed by atoms with van der Waals surface area (Å²) in [5.74, 6) is 0.